The molecule has 0 fully saturated rings. The van der Waals surface area contributed by atoms with Gasteiger partial charge in [-0.2, -0.15) is 0 Å². The van der Waals surface area contributed by atoms with Crippen LogP contribution in [0.25, 0.3) is 0 Å². The lowest BCUT2D eigenvalue weighted by atomic mass is 9.99. The second-order valence-electron chi connectivity index (χ2n) is 6.00. The number of esters is 1. The zero-order valence-electron chi connectivity index (χ0n) is 13.1. The number of carbonyl (C=O) groups is 1. The quantitative estimate of drug-likeness (QED) is 0.840. The van der Waals surface area contributed by atoms with E-state index < -0.39 is 5.54 Å². The Kier molecular flexibility index (Phi) is 5.37. The van der Waals surface area contributed by atoms with Crippen molar-refractivity contribution >= 4 is 5.97 Å². The average molecular weight is 290 g/mol. The first-order chi connectivity index (χ1) is 10.0. The predicted octanol–water partition coefficient (Wildman–Crippen LogP) is 1.76. The Bertz CT molecular complexity index is 458. The van der Waals surface area contributed by atoms with Crippen molar-refractivity contribution < 1.29 is 9.53 Å². The van der Waals surface area contributed by atoms with Gasteiger partial charge in [0, 0.05) is 19.6 Å². The highest BCUT2D eigenvalue weighted by molar-refractivity contribution is 5.79. The van der Waals surface area contributed by atoms with E-state index in [0.29, 0.717) is 13.0 Å². The number of hydrogen-bond acceptors (Lipinski definition) is 4. The largest absolute Gasteiger partial charge is 0.465 e. The number of benzene rings is 1. The minimum absolute atomic E-state index is 0.303. The van der Waals surface area contributed by atoms with Crippen LogP contribution in [0.4, 0.5) is 0 Å². The molecule has 2 rings (SSSR count). The fraction of sp³-hybridized carbons (Fsp3) is 0.588. The summed E-state index contributed by atoms with van der Waals surface area (Å²) in [5, 5.41) is 0. The molecule has 0 saturated carbocycles. The van der Waals surface area contributed by atoms with Gasteiger partial charge in [0.05, 0.1) is 6.61 Å². The van der Waals surface area contributed by atoms with Crippen molar-refractivity contribution in [2.24, 2.45) is 5.73 Å². The number of nitrogens with zero attached hydrogens (tertiary/aromatic N) is 1. The zero-order valence-corrected chi connectivity index (χ0v) is 13.1. The van der Waals surface area contributed by atoms with Crippen molar-refractivity contribution in [2.45, 2.75) is 38.6 Å². The van der Waals surface area contributed by atoms with Gasteiger partial charge in [-0.3, -0.25) is 4.79 Å². The van der Waals surface area contributed by atoms with Gasteiger partial charge in [-0.05, 0) is 44.2 Å². The molecular formula is C17H26N2O2. The maximum Gasteiger partial charge on any atom is 0.325 e. The normalized spacial score (nSPS) is 18.4. The standard InChI is InChI=1S/C17H26N2O2/c1-3-21-16(20)17(2,18)10-13-19-11-8-14-6-4-5-7-15(14)9-12-19/h4-7H,3,8-13,18H2,1-2H3. The molecule has 21 heavy (non-hydrogen) atoms. The van der Waals surface area contributed by atoms with E-state index in [9.17, 15) is 4.79 Å². The van der Waals surface area contributed by atoms with Crippen molar-refractivity contribution in [1.82, 2.24) is 4.90 Å². The Labute approximate surface area is 127 Å². The highest BCUT2D eigenvalue weighted by Crippen LogP contribution is 2.17. The van der Waals surface area contributed by atoms with Crippen LogP contribution >= 0.6 is 0 Å². The first-order valence-electron chi connectivity index (χ1n) is 7.78. The van der Waals surface area contributed by atoms with Crippen molar-refractivity contribution in [3.63, 3.8) is 0 Å². The molecule has 0 aliphatic carbocycles. The first-order valence-corrected chi connectivity index (χ1v) is 7.78. The molecule has 116 valence electrons. The SMILES string of the molecule is CCOC(=O)C(C)(N)CCN1CCc2ccccc2CC1. The van der Waals surface area contributed by atoms with Gasteiger partial charge in [-0.25, -0.2) is 0 Å². The van der Waals surface area contributed by atoms with Crippen LogP contribution in [0.1, 0.15) is 31.4 Å². The summed E-state index contributed by atoms with van der Waals surface area (Å²) in [6, 6.07) is 8.63. The average Bonchev–Trinajstić information content (AvgIpc) is 2.68. The van der Waals surface area contributed by atoms with Crippen LogP contribution in [0.2, 0.25) is 0 Å². The van der Waals surface area contributed by atoms with Crippen molar-refractivity contribution in [3.8, 4) is 0 Å². The molecule has 1 aliphatic heterocycles. The minimum Gasteiger partial charge on any atom is -0.465 e. The Hall–Kier alpha value is -1.39. The van der Waals surface area contributed by atoms with Crippen molar-refractivity contribution in [3.05, 3.63) is 35.4 Å². The topological polar surface area (TPSA) is 55.6 Å². The number of ether oxygens (including phenoxy) is 1. The van der Waals surface area contributed by atoms with E-state index in [2.05, 4.69) is 29.2 Å². The fourth-order valence-electron chi connectivity index (χ4n) is 2.73. The summed E-state index contributed by atoms with van der Waals surface area (Å²) in [5.74, 6) is -0.303. The third kappa shape index (κ3) is 4.29. The molecule has 2 N–H and O–H groups in total. The summed E-state index contributed by atoms with van der Waals surface area (Å²) in [6.45, 7) is 6.83. The van der Waals surface area contributed by atoms with E-state index in [-0.39, 0.29) is 5.97 Å². The molecule has 0 saturated heterocycles. The highest BCUT2D eigenvalue weighted by atomic mass is 16.5. The number of nitrogens with two attached hydrogens (primary N) is 1. The Balaban J connectivity index is 1.87. The van der Waals surface area contributed by atoms with E-state index in [1.165, 1.54) is 11.1 Å². The van der Waals surface area contributed by atoms with E-state index in [4.69, 9.17) is 10.5 Å². The molecule has 1 unspecified atom stereocenters. The van der Waals surface area contributed by atoms with Gasteiger partial charge in [0.1, 0.15) is 5.54 Å². The maximum atomic E-state index is 11.8. The Morgan fingerprint density at radius 1 is 1.29 bits per heavy atom. The third-order valence-corrected chi connectivity index (χ3v) is 4.20. The Morgan fingerprint density at radius 3 is 2.38 bits per heavy atom. The summed E-state index contributed by atoms with van der Waals surface area (Å²) in [6.07, 6.45) is 2.76. The molecule has 1 atom stereocenters. The van der Waals surface area contributed by atoms with Crippen molar-refractivity contribution in [1.29, 1.82) is 0 Å². The molecule has 4 heteroatoms. The van der Waals surface area contributed by atoms with Gasteiger partial charge >= 0.3 is 5.97 Å². The van der Waals surface area contributed by atoms with Crippen molar-refractivity contribution in [2.75, 3.05) is 26.2 Å². The molecule has 1 aromatic carbocycles. The number of fused-ring (bicyclic) bond motifs is 1. The van der Waals surface area contributed by atoms with Crippen LogP contribution in [0, 0.1) is 0 Å². The summed E-state index contributed by atoms with van der Waals surface area (Å²) in [4.78, 5) is 14.2. The summed E-state index contributed by atoms with van der Waals surface area (Å²) < 4.78 is 5.04. The second-order valence-corrected chi connectivity index (χ2v) is 6.00. The van der Waals surface area contributed by atoms with Gasteiger partial charge in [0.15, 0.2) is 0 Å². The summed E-state index contributed by atoms with van der Waals surface area (Å²) in [5.41, 5.74) is 8.08. The van der Waals surface area contributed by atoms with Gasteiger partial charge in [0.25, 0.3) is 0 Å². The monoisotopic (exact) mass is 290 g/mol. The van der Waals surface area contributed by atoms with Gasteiger partial charge in [-0.15, -0.1) is 0 Å². The molecule has 0 spiro atoms. The molecule has 4 nitrogen and oxygen atoms in total. The third-order valence-electron chi connectivity index (χ3n) is 4.20. The lowest BCUT2D eigenvalue weighted by Crippen LogP contribution is -2.48. The van der Waals surface area contributed by atoms with Crippen LogP contribution in [-0.2, 0) is 22.4 Å². The molecule has 1 heterocycles. The second kappa shape index (κ2) is 7.05. The smallest absolute Gasteiger partial charge is 0.325 e. The van der Waals surface area contributed by atoms with E-state index in [0.717, 1.165) is 32.5 Å². The summed E-state index contributed by atoms with van der Waals surface area (Å²) >= 11 is 0. The lowest BCUT2D eigenvalue weighted by molar-refractivity contribution is -0.149. The first kappa shape index (κ1) is 16.0. The highest BCUT2D eigenvalue weighted by Gasteiger charge is 2.30. The zero-order chi connectivity index (χ0) is 15.3. The molecule has 0 radical (unpaired) electrons. The molecule has 0 aromatic heterocycles. The summed E-state index contributed by atoms with van der Waals surface area (Å²) in [7, 11) is 0. The van der Waals surface area contributed by atoms with E-state index in [1.807, 2.05) is 0 Å². The molecule has 0 bridgehead atoms. The van der Waals surface area contributed by atoms with Gasteiger partial charge in [-0.1, -0.05) is 24.3 Å². The van der Waals surface area contributed by atoms with Crippen LogP contribution in [-0.4, -0.2) is 42.6 Å². The molecule has 1 aliphatic rings. The van der Waals surface area contributed by atoms with Crippen LogP contribution in [0.15, 0.2) is 24.3 Å². The maximum absolute atomic E-state index is 11.8. The Morgan fingerprint density at radius 2 is 1.86 bits per heavy atom. The molecule has 1 aromatic rings. The van der Waals surface area contributed by atoms with Crippen LogP contribution < -0.4 is 5.73 Å². The van der Waals surface area contributed by atoms with E-state index >= 15 is 0 Å². The lowest BCUT2D eigenvalue weighted by Gasteiger charge is -2.26. The predicted molar refractivity (Wildman–Crippen MR) is 84.1 cm³/mol. The van der Waals surface area contributed by atoms with Gasteiger partial charge < -0.3 is 15.4 Å². The number of rotatable bonds is 5. The van der Waals surface area contributed by atoms with Gasteiger partial charge in [0.2, 0.25) is 0 Å². The van der Waals surface area contributed by atoms with Crippen LogP contribution in [0.3, 0.4) is 0 Å². The van der Waals surface area contributed by atoms with E-state index in [1.54, 1.807) is 13.8 Å². The van der Waals surface area contributed by atoms with Crippen LogP contribution in [0.5, 0.6) is 0 Å². The number of carbonyl (C=O) groups excluding carboxylic acids is 1. The molecule has 0 amide bonds. The fourth-order valence-corrected chi connectivity index (χ4v) is 2.73. The number of hydrogen-bond donors (Lipinski definition) is 1. The minimum atomic E-state index is -0.894. The molecular weight excluding hydrogens is 264 g/mol.